The SMILES string of the molecule is CCCC[C@H]1C(=O)N(C)[C@@H](CCCC)C(=O)N[C@@H](CN)C(=O)N[C@H](C(=O)NCC(N)=O)CSCC(=O)N[C@@H](Cc2ccc(O)cc2)C(=O)N(C)[C@@H](C)C(=O)N[C@@H](CC(N)=O)C(=O)N2CCC[C@H]2C(=O)N[C@@H](CN)C(=O)N[C@@H](CCC(=O)O)C(=O)N2C[C@H](O)C[C@H]2C(=O)N[C@@H](Cc2c[nH]c3ccccc23)C(=O)N[C@@H](CCN)C(=O)N[C@@H](Cc2cn(CC(=O)O)c3ccccc23)C(=O)N1C. The molecule has 0 bridgehead atoms. The molecule has 17 amide bonds. The molecule has 133 heavy (non-hydrogen) atoms. The van der Waals surface area contributed by atoms with Crippen LogP contribution in [0.4, 0.5) is 0 Å². The fraction of sp³-hybridized carbons (Fsp3) is 0.529. The van der Waals surface area contributed by atoms with Crippen molar-refractivity contribution < 1.29 is 112 Å². The lowest BCUT2D eigenvalue weighted by atomic mass is 10.00. The van der Waals surface area contributed by atoms with Gasteiger partial charge in [-0.3, -0.25) is 91.1 Å². The standard InChI is InChI=1S/C87H122N22O23S/c1-7-9-19-65-80(125)101-62(38-90)79(124)103-63(75(120)94-40-70(92)113)44-133-45-71(114)95-58(32-47-23-25-50(110)26-24-47)83(128)104(4)46(3)74(119)99-60(36-69(91)112)86(131)108-31-15-22-66(108)81(126)102-61(37-89)78(123)97-56(27-28-72(115)116)85(130)109-42-51(111)35-68(109)82(127)98-57(33-48-39-93-54-18-13-11-16-52(48)54)77(122)96-55(29-30-88)76(121)100-59(84(129)106(6)67(20-10-8-2)87(132)105(65)5)34-49-41-107(43-73(117)118)64-21-14-12-17-53(49)64/h11-14,16-18,21,23-26,39,41,46,51,55-63,65-68,93,110-111H,7-10,15,19-20,22,27-38,40,42-45,88-90H2,1-6H3,(H2,91,112)(H2,92,113)(H,94,120)(H,95,114)(H,96,122)(H,97,123)(H,98,127)(H,99,119)(H,100,121)(H,101,125)(H,102,126)(H,103,124)(H,115,116)(H,117,118)/t46-,51+,55-,56-,57-,58-,59-,60-,61-,62-,63-,65-,66-,67-,68-/m0/s1. The lowest BCUT2D eigenvalue weighted by molar-refractivity contribution is -0.149. The van der Waals surface area contributed by atoms with Gasteiger partial charge in [0.15, 0.2) is 0 Å². The predicted octanol–water partition coefficient (Wildman–Crippen LogP) is -5.51. The number of hydrogen-bond donors (Lipinski definition) is 20. The number of carbonyl (C=O) groups excluding carboxylic acids is 17. The van der Waals surface area contributed by atoms with Crippen molar-refractivity contribution >= 4 is 146 Å². The fourth-order valence-electron chi connectivity index (χ4n) is 16.2. The van der Waals surface area contributed by atoms with Crippen LogP contribution in [-0.4, -0.2) is 329 Å². The van der Waals surface area contributed by atoms with Crippen molar-refractivity contribution in [2.24, 2.45) is 28.7 Å². The molecule has 724 valence electrons. The van der Waals surface area contributed by atoms with E-state index in [0.29, 0.717) is 57.8 Å². The number of carboxylic acid groups (broad SMARTS) is 2. The summed E-state index contributed by atoms with van der Waals surface area (Å²) in [6.45, 7) is 1.12. The number of hydrogen-bond acceptors (Lipinski definition) is 25. The van der Waals surface area contributed by atoms with Crippen LogP contribution in [0.1, 0.15) is 121 Å². The number of phenolic OH excluding ortho intramolecular Hbond substituents is 1. The average molecular weight is 1880 g/mol. The van der Waals surface area contributed by atoms with Gasteiger partial charge in [0.1, 0.15) is 96.9 Å². The number of aromatic hydroxyl groups is 1. The molecule has 0 unspecified atom stereocenters. The van der Waals surface area contributed by atoms with Gasteiger partial charge in [0.05, 0.1) is 24.8 Å². The number of primary amides is 2. The number of aromatic nitrogens is 2. The lowest BCUT2D eigenvalue weighted by Crippen LogP contribution is -2.62. The molecule has 15 atom stereocenters. The summed E-state index contributed by atoms with van der Waals surface area (Å²) in [6, 6.07) is -3.97. The lowest BCUT2D eigenvalue weighted by Gasteiger charge is -2.36. The molecule has 8 rings (SSSR count). The van der Waals surface area contributed by atoms with E-state index in [1.807, 2.05) is 6.92 Å². The summed E-state index contributed by atoms with van der Waals surface area (Å²) < 4.78 is 1.41. The minimum atomic E-state index is -1.86. The molecule has 46 heteroatoms. The Kier molecular flexibility index (Phi) is 39.3. The van der Waals surface area contributed by atoms with Crippen LogP contribution in [0.25, 0.3) is 21.8 Å². The first-order valence-electron chi connectivity index (χ1n) is 43.9. The Hall–Kier alpha value is -13.3. The summed E-state index contributed by atoms with van der Waals surface area (Å²) in [5.41, 5.74) is 31.7. The number of nitrogens with one attached hydrogen (secondary N) is 11. The summed E-state index contributed by atoms with van der Waals surface area (Å²) >= 11 is 0.732. The molecule has 0 saturated carbocycles. The number of nitrogens with zero attached hydrogens (tertiary/aromatic N) is 6. The summed E-state index contributed by atoms with van der Waals surface area (Å²) in [5.74, 6) is -21.1. The molecule has 0 radical (unpaired) electrons. The van der Waals surface area contributed by atoms with Crippen molar-refractivity contribution in [2.75, 3.05) is 71.9 Å². The number of aliphatic carboxylic acids is 2. The van der Waals surface area contributed by atoms with E-state index in [9.17, 15) is 82.8 Å². The minimum absolute atomic E-state index is 0.0524. The van der Waals surface area contributed by atoms with E-state index < -0.39 is 279 Å². The molecule has 3 aliphatic heterocycles. The largest absolute Gasteiger partial charge is 0.508 e. The van der Waals surface area contributed by atoms with Gasteiger partial charge in [-0.15, -0.1) is 11.8 Å². The third-order valence-corrected chi connectivity index (χ3v) is 24.6. The van der Waals surface area contributed by atoms with E-state index in [4.69, 9.17) is 28.7 Å². The van der Waals surface area contributed by atoms with Gasteiger partial charge in [-0.2, -0.15) is 0 Å². The Balaban J connectivity index is 1.20. The van der Waals surface area contributed by atoms with Crippen LogP contribution < -0.4 is 81.8 Å². The smallest absolute Gasteiger partial charge is 0.323 e. The van der Waals surface area contributed by atoms with E-state index in [-0.39, 0.29) is 70.2 Å². The topological polar surface area (TPSA) is 693 Å². The Morgan fingerprint density at radius 2 is 1.08 bits per heavy atom. The highest BCUT2D eigenvalue weighted by Crippen LogP contribution is 2.29. The Bertz CT molecular complexity index is 5070. The highest BCUT2D eigenvalue weighted by atomic mass is 32.2. The van der Waals surface area contributed by atoms with E-state index in [2.05, 4.69) is 58.2 Å². The van der Waals surface area contributed by atoms with Crippen molar-refractivity contribution in [3.8, 4) is 5.75 Å². The first-order chi connectivity index (χ1) is 63.2. The van der Waals surface area contributed by atoms with Crippen LogP contribution in [0.15, 0.2) is 85.2 Å². The maximum Gasteiger partial charge on any atom is 0.323 e. The van der Waals surface area contributed by atoms with E-state index in [1.165, 1.54) is 63.1 Å². The summed E-state index contributed by atoms with van der Waals surface area (Å²) in [6.07, 6.45) is -1.26. The number of likely N-dealkylation sites (N-methyl/N-ethyl adjacent to an activating group) is 3. The number of benzene rings is 3. The number of aliphatic hydroxyl groups excluding tert-OH is 1. The highest BCUT2D eigenvalue weighted by molar-refractivity contribution is 8.00. The molecule has 45 nitrogen and oxygen atoms in total. The minimum Gasteiger partial charge on any atom is -0.508 e. The highest BCUT2D eigenvalue weighted by Gasteiger charge is 2.47. The van der Waals surface area contributed by atoms with E-state index in [1.54, 1.807) is 61.7 Å². The molecule has 0 aliphatic carbocycles. The summed E-state index contributed by atoms with van der Waals surface area (Å²) in [5, 5.41) is 68.1. The van der Waals surface area contributed by atoms with Gasteiger partial charge >= 0.3 is 11.9 Å². The third-order valence-electron chi connectivity index (χ3n) is 23.5. The maximum atomic E-state index is 15.9. The van der Waals surface area contributed by atoms with Crippen LogP contribution in [-0.2, 0) is 117 Å². The normalized spacial score (nSPS) is 24.9. The third kappa shape index (κ3) is 28.8. The number of fused-ring (bicyclic) bond motifs is 4. The number of thioether (sulfide) groups is 1. The number of H-pyrrole nitrogens is 1. The molecule has 5 heterocycles. The second-order valence-electron chi connectivity index (χ2n) is 33.2. The Labute approximate surface area is 770 Å². The maximum absolute atomic E-state index is 15.9. The second-order valence-corrected chi connectivity index (χ2v) is 34.2. The zero-order valence-corrected chi connectivity index (χ0v) is 75.8. The van der Waals surface area contributed by atoms with Crippen molar-refractivity contribution in [1.29, 1.82) is 0 Å². The second kappa shape index (κ2) is 49.8. The molecule has 5 aromatic rings. The molecule has 25 N–H and O–H groups in total. The number of aromatic amines is 1. The summed E-state index contributed by atoms with van der Waals surface area (Å²) in [4.78, 5) is 280. The number of aliphatic hydroxyl groups is 1. The number of carboxylic acids is 2. The van der Waals surface area contributed by atoms with Crippen LogP contribution >= 0.6 is 11.8 Å². The van der Waals surface area contributed by atoms with Crippen molar-refractivity contribution in [3.05, 3.63) is 102 Å². The average Bonchev–Trinajstić information content (AvgIpc) is 1.70. The molecular weight excluding hydrogens is 1750 g/mol. The van der Waals surface area contributed by atoms with E-state index >= 15 is 28.8 Å². The number of amides is 17. The zero-order valence-electron chi connectivity index (χ0n) is 74.9. The Morgan fingerprint density at radius 1 is 0.526 bits per heavy atom. The number of nitrogens with two attached hydrogens (primary N) is 5. The number of carbonyl (C=O) groups is 19. The van der Waals surface area contributed by atoms with Crippen molar-refractivity contribution in [1.82, 2.24) is 87.2 Å². The van der Waals surface area contributed by atoms with Crippen LogP contribution in [0.3, 0.4) is 0 Å². The quantitative estimate of drug-likeness (QED) is 0.0246. The molecule has 3 fully saturated rings. The first-order valence-corrected chi connectivity index (χ1v) is 45.1. The molecule has 3 saturated heterocycles. The van der Waals surface area contributed by atoms with Gasteiger partial charge in [0.25, 0.3) is 0 Å². The molecule has 2 aromatic heterocycles. The summed E-state index contributed by atoms with van der Waals surface area (Å²) in [7, 11) is 3.78. The van der Waals surface area contributed by atoms with Gasteiger partial charge in [0.2, 0.25) is 100 Å². The van der Waals surface area contributed by atoms with Crippen molar-refractivity contribution in [2.45, 2.75) is 221 Å². The van der Waals surface area contributed by atoms with Crippen LogP contribution in [0.2, 0.25) is 0 Å². The van der Waals surface area contributed by atoms with Crippen molar-refractivity contribution in [3.63, 3.8) is 0 Å². The van der Waals surface area contributed by atoms with Gasteiger partial charge in [-0.25, -0.2) is 0 Å². The number of rotatable bonds is 26. The first kappa shape index (κ1) is 105. The fourth-order valence-corrected chi connectivity index (χ4v) is 17.0. The van der Waals surface area contributed by atoms with Gasteiger partial charge in [-0.05, 0) is 92.9 Å². The predicted molar refractivity (Wildman–Crippen MR) is 482 cm³/mol. The van der Waals surface area contributed by atoms with Gasteiger partial charge in [0, 0.05) is 119 Å². The monoisotopic (exact) mass is 1870 g/mol. The molecule has 3 aromatic carbocycles. The molecular formula is C87H122N22O23S. The van der Waals surface area contributed by atoms with E-state index in [0.717, 1.165) is 36.3 Å². The zero-order chi connectivity index (χ0) is 97.8. The van der Waals surface area contributed by atoms with Crippen LogP contribution in [0.5, 0.6) is 5.75 Å². The Morgan fingerprint density at radius 3 is 1.71 bits per heavy atom. The molecule has 0 spiro atoms. The van der Waals surface area contributed by atoms with Gasteiger partial charge < -0.3 is 136 Å². The van der Waals surface area contributed by atoms with Crippen LogP contribution in [0, 0.1) is 0 Å². The van der Waals surface area contributed by atoms with Gasteiger partial charge in [-0.1, -0.05) is 88.1 Å². The number of unbranched alkanes of at least 4 members (excludes halogenated alkanes) is 2. The molecule has 3 aliphatic rings. The number of para-hydroxylation sites is 2. The number of phenols is 1.